The molecule has 2 rings (SSSR count). The van der Waals surface area contributed by atoms with Gasteiger partial charge in [-0.3, -0.25) is 9.69 Å². The molecule has 0 spiro atoms. The molecule has 1 aromatic heterocycles. The number of carbonyl (C=O) groups is 1. The highest BCUT2D eigenvalue weighted by atomic mass is 32.1. The molecule has 0 saturated heterocycles. The molecule has 3 nitrogen and oxygen atoms in total. The lowest BCUT2D eigenvalue weighted by Crippen LogP contribution is -2.45. The molecule has 4 heteroatoms. The highest BCUT2D eigenvalue weighted by Crippen LogP contribution is 2.23. The van der Waals surface area contributed by atoms with Crippen LogP contribution in [0.3, 0.4) is 0 Å². The van der Waals surface area contributed by atoms with E-state index in [0.29, 0.717) is 18.5 Å². The van der Waals surface area contributed by atoms with Crippen molar-refractivity contribution in [2.45, 2.75) is 52.1 Å². The summed E-state index contributed by atoms with van der Waals surface area (Å²) in [5.41, 5.74) is 0. The van der Waals surface area contributed by atoms with E-state index < -0.39 is 0 Å². The fourth-order valence-electron chi connectivity index (χ4n) is 2.89. The van der Waals surface area contributed by atoms with E-state index in [9.17, 15) is 4.79 Å². The molecule has 1 aliphatic rings. The summed E-state index contributed by atoms with van der Waals surface area (Å²) >= 11 is 1.76. The van der Waals surface area contributed by atoms with Gasteiger partial charge >= 0.3 is 0 Å². The Hall–Kier alpha value is -0.870. The molecule has 0 aromatic carbocycles. The normalized spacial score (nSPS) is 22.9. The third kappa shape index (κ3) is 4.60. The summed E-state index contributed by atoms with van der Waals surface area (Å²) < 4.78 is 0. The zero-order valence-corrected chi connectivity index (χ0v) is 13.4. The molecule has 0 aliphatic heterocycles. The van der Waals surface area contributed by atoms with Crippen molar-refractivity contribution in [3.05, 3.63) is 22.4 Å². The van der Waals surface area contributed by atoms with E-state index in [4.69, 9.17) is 0 Å². The molecule has 112 valence electrons. The summed E-state index contributed by atoms with van der Waals surface area (Å²) in [6, 6.07) is 4.59. The van der Waals surface area contributed by atoms with Crippen molar-refractivity contribution in [1.82, 2.24) is 10.2 Å². The lowest BCUT2D eigenvalue weighted by atomic mass is 9.86. The van der Waals surface area contributed by atoms with E-state index in [1.807, 2.05) is 0 Å². The summed E-state index contributed by atoms with van der Waals surface area (Å²) in [6.45, 7) is 6.67. The minimum Gasteiger partial charge on any atom is -0.352 e. The SMILES string of the molecule is CCN(CC(=O)NC1CCCCC1C)Cc1cccs1. The molecule has 0 bridgehead atoms. The summed E-state index contributed by atoms with van der Waals surface area (Å²) in [7, 11) is 0. The fraction of sp³-hybridized carbons (Fsp3) is 0.688. The second-order valence-electron chi connectivity index (χ2n) is 5.82. The number of hydrogen-bond acceptors (Lipinski definition) is 3. The van der Waals surface area contributed by atoms with Crippen LogP contribution in [0.4, 0.5) is 0 Å². The topological polar surface area (TPSA) is 32.3 Å². The quantitative estimate of drug-likeness (QED) is 0.873. The third-order valence-electron chi connectivity index (χ3n) is 4.23. The average molecular weight is 294 g/mol. The van der Waals surface area contributed by atoms with E-state index in [2.05, 4.69) is 41.6 Å². The van der Waals surface area contributed by atoms with Crippen molar-refractivity contribution in [3.63, 3.8) is 0 Å². The second-order valence-corrected chi connectivity index (χ2v) is 6.85. The Bertz CT molecular complexity index is 405. The summed E-state index contributed by atoms with van der Waals surface area (Å²) in [4.78, 5) is 15.7. The van der Waals surface area contributed by atoms with Gasteiger partial charge in [0, 0.05) is 17.5 Å². The van der Waals surface area contributed by atoms with Crippen LogP contribution in [0.15, 0.2) is 17.5 Å². The van der Waals surface area contributed by atoms with E-state index in [1.54, 1.807) is 11.3 Å². The Morgan fingerprint density at radius 3 is 2.90 bits per heavy atom. The van der Waals surface area contributed by atoms with Crippen LogP contribution < -0.4 is 5.32 Å². The van der Waals surface area contributed by atoms with Crippen molar-refractivity contribution in [3.8, 4) is 0 Å². The highest BCUT2D eigenvalue weighted by Gasteiger charge is 2.23. The molecular formula is C16H26N2OS. The van der Waals surface area contributed by atoms with Crippen molar-refractivity contribution in [2.75, 3.05) is 13.1 Å². The number of likely N-dealkylation sites (N-methyl/N-ethyl adjacent to an activating group) is 1. The van der Waals surface area contributed by atoms with E-state index in [0.717, 1.165) is 19.5 Å². The minimum atomic E-state index is 0.183. The molecule has 1 amide bonds. The largest absolute Gasteiger partial charge is 0.352 e. The van der Waals surface area contributed by atoms with Crippen LogP contribution in [-0.2, 0) is 11.3 Å². The Balaban J connectivity index is 1.79. The standard InChI is InChI=1S/C16H26N2OS/c1-3-18(11-14-8-6-10-20-14)12-16(19)17-15-9-5-4-7-13(15)2/h6,8,10,13,15H,3-5,7,9,11-12H2,1-2H3,(H,17,19). The van der Waals surface area contributed by atoms with Gasteiger partial charge in [0.1, 0.15) is 0 Å². The molecule has 1 aliphatic carbocycles. The van der Waals surface area contributed by atoms with Crippen molar-refractivity contribution in [2.24, 2.45) is 5.92 Å². The predicted octanol–water partition coefficient (Wildman–Crippen LogP) is 3.26. The summed E-state index contributed by atoms with van der Waals surface area (Å²) in [5.74, 6) is 0.808. The number of hydrogen-bond donors (Lipinski definition) is 1. The molecular weight excluding hydrogens is 268 g/mol. The van der Waals surface area contributed by atoms with Gasteiger partial charge in [0.2, 0.25) is 5.91 Å². The number of nitrogens with zero attached hydrogens (tertiary/aromatic N) is 1. The molecule has 2 atom stereocenters. The number of carbonyl (C=O) groups excluding carboxylic acids is 1. The first-order valence-electron chi connectivity index (χ1n) is 7.73. The number of rotatable bonds is 6. The highest BCUT2D eigenvalue weighted by molar-refractivity contribution is 7.09. The second kappa shape index (κ2) is 7.79. The smallest absolute Gasteiger partial charge is 0.234 e. The molecule has 20 heavy (non-hydrogen) atoms. The van der Waals surface area contributed by atoms with Crippen LogP contribution >= 0.6 is 11.3 Å². The van der Waals surface area contributed by atoms with Crippen LogP contribution in [0.1, 0.15) is 44.4 Å². The van der Waals surface area contributed by atoms with Gasteiger partial charge in [0.15, 0.2) is 0 Å². The van der Waals surface area contributed by atoms with Gasteiger partial charge in [-0.05, 0) is 36.8 Å². The lowest BCUT2D eigenvalue weighted by Gasteiger charge is -2.30. The zero-order chi connectivity index (χ0) is 14.4. The molecule has 1 aromatic rings. The Morgan fingerprint density at radius 2 is 2.25 bits per heavy atom. The van der Waals surface area contributed by atoms with Gasteiger partial charge < -0.3 is 5.32 Å². The molecule has 1 heterocycles. The van der Waals surface area contributed by atoms with E-state index >= 15 is 0 Å². The minimum absolute atomic E-state index is 0.183. The average Bonchev–Trinajstić information content (AvgIpc) is 2.93. The first-order valence-corrected chi connectivity index (χ1v) is 8.61. The van der Waals surface area contributed by atoms with Gasteiger partial charge in [-0.25, -0.2) is 0 Å². The molecule has 0 radical (unpaired) electrons. The van der Waals surface area contributed by atoms with Crippen molar-refractivity contribution < 1.29 is 4.79 Å². The van der Waals surface area contributed by atoms with Gasteiger partial charge in [0.05, 0.1) is 6.54 Å². The maximum absolute atomic E-state index is 12.2. The van der Waals surface area contributed by atoms with Crippen LogP contribution in [0, 0.1) is 5.92 Å². The molecule has 1 fully saturated rings. The fourth-order valence-corrected chi connectivity index (χ4v) is 3.63. The monoisotopic (exact) mass is 294 g/mol. The summed E-state index contributed by atoms with van der Waals surface area (Å²) in [5, 5.41) is 5.33. The predicted molar refractivity (Wildman–Crippen MR) is 84.8 cm³/mol. The van der Waals surface area contributed by atoms with Crippen molar-refractivity contribution >= 4 is 17.2 Å². The van der Waals surface area contributed by atoms with Crippen LogP contribution in [-0.4, -0.2) is 29.9 Å². The van der Waals surface area contributed by atoms with Gasteiger partial charge in [-0.15, -0.1) is 11.3 Å². The first-order chi connectivity index (χ1) is 9.69. The van der Waals surface area contributed by atoms with Gasteiger partial charge in [-0.2, -0.15) is 0 Å². The Morgan fingerprint density at radius 1 is 1.45 bits per heavy atom. The number of amides is 1. The maximum Gasteiger partial charge on any atom is 0.234 e. The zero-order valence-electron chi connectivity index (χ0n) is 12.6. The number of nitrogens with one attached hydrogen (secondary N) is 1. The third-order valence-corrected chi connectivity index (χ3v) is 5.09. The molecule has 1 saturated carbocycles. The van der Waals surface area contributed by atoms with Crippen LogP contribution in [0.2, 0.25) is 0 Å². The lowest BCUT2D eigenvalue weighted by molar-refractivity contribution is -0.123. The number of thiophene rings is 1. The Kier molecular flexibility index (Phi) is 6.05. The van der Waals surface area contributed by atoms with Gasteiger partial charge in [-0.1, -0.05) is 32.8 Å². The van der Waals surface area contributed by atoms with Crippen molar-refractivity contribution in [1.29, 1.82) is 0 Å². The Labute approximate surface area is 126 Å². The molecule has 1 N–H and O–H groups in total. The van der Waals surface area contributed by atoms with E-state index in [-0.39, 0.29) is 5.91 Å². The molecule has 2 unspecified atom stereocenters. The van der Waals surface area contributed by atoms with Crippen LogP contribution in [0.5, 0.6) is 0 Å². The van der Waals surface area contributed by atoms with Crippen LogP contribution in [0.25, 0.3) is 0 Å². The van der Waals surface area contributed by atoms with E-state index in [1.165, 1.54) is 24.1 Å². The summed E-state index contributed by atoms with van der Waals surface area (Å²) in [6.07, 6.45) is 4.95. The maximum atomic E-state index is 12.2. The van der Waals surface area contributed by atoms with Gasteiger partial charge in [0.25, 0.3) is 0 Å². The first kappa shape index (κ1) is 15.5.